The molecule has 2 aromatic heterocycles. The normalized spacial score (nSPS) is 14.5. The number of rotatable bonds is 4. The van der Waals surface area contributed by atoms with E-state index in [4.69, 9.17) is 9.97 Å². The van der Waals surface area contributed by atoms with E-state index in [0.717, 1.165) is 33.6 Å². The molecule has 55 heavy (non-hydrogen) atoms. The molecule has 0 saturated carbocycles. The van der Waals surface area contributed by atoms with E-state index in [-0.39, 0.29) is 10.8 Å². The molecule has 0 unspecified atom stereocenters. The van der Waals surface area contributed by atoms with Crippen molar-refractivity contribution in [1.82, 2.24) is 14.5 Å². The Morgan fingerprint density at radius 3 is 1.75 bits per heavy atom. The molecule has 0 N–H and O–H groups in total. The van der Waals surface area contributed by atoms with Crippen LogP contribution in [0.25, 0.3) is 83.6 Å². The minimum absolute atomic E-state index is 0.0843. The summed E-state index contributed by atoms with van der Waals surface area (Å²) in [7, 11) is 0. The predicted octanol–water partition coefficient (Wildman–Crippen LogP) is 13.2. The fraction of sp³-hybridized carbons (Fsp3) is 0.115. The maximum atomic E-state index is 5.14. The molecule has 11 rings (SSSR count). The lowest BCUT2D eigenvalue weighted by Crippen LogP contribution is -2.26. The summed E-state index contributed by atoms with van der Waals surface area (Å²) in [4.78, 5) is 10.3. The minimum Gasteiger partial charge on any atom is -0.309 e. The Morgan fingerprint density at radius 1 is 0.400 bits per heavy atom. The van der Waals surface area contributed by atoms with Crippen molar-refractivity contribution < 1.29 is 0 Å². The molecule has 0 amide bonds. The van der Waals surface area contributed by atoms with Gasteiger partial charge in [-0.1, -0.05) is 161 Å². The van der Waals surface area contributed by atoms with Crippen molar-refractivity contribution in [3.05, 3.63) is 186 Å². The molecule has 0 spiro atoms. The van der Waals surface area contributed by atoms with Crippen molar-refractivity contribution in [2.75, 3.05) is 0 Å². The summed E-state index contributed by atoms with van der Waals surface area (Å²) in [5, 5.41) is 2.62. The van der Waals surface area contributed by atoms with Gasteiger partial charge in [-0.15, -0.1) is 0 Å². The highest BCUT2D eigenvalue weighted by Crippen LogP contribution is 2.53. The summed E-state index contributed by atoms with van der Waals surface area (Å²) in [5.74, 6) is 0.714. The van der Waals surface area contributed by atoms with Gasteiger partial charge in [-0.2, -0.15) is 0 Å². The lowest BCUT2D eigenvalue weighted by Gasteiger charge is -2.35. The van der Waals surface area contributed by atoms with E-state index in [9.17, 15) is 0 Å². The van der Waals surface area contributed by atoms with E-state index in [1.165, 1.54) is 66.4 Å². The van der Waals surface area contributed by atoms with Crippen LogP contribution in [0.2, 0.25) is 0 Å². The van der Waals surface area contributed by atoms with Crippen LogP contribution in [0.15, 0.2) is 164 Å². The average molecular weight is 706 g/mol. The summed E-state index contributed by atoms with van der Waals surface area (Å²) in [6.45, 7) is 9.50. The van der Waals surface area contributed by atoms with Crippen LogP contribution in [-0.4, -0.2) is 14.5 Å². The Kier molecular flexibility index (Phi) is 6.65. The first kappa shape index (κ1) is 31.9. The Hall–Kier alpha value is -6.58. The summed E-state index contributed by atoms with van der Waals surface area (Å²) < 4.78 is 2.56. The first-order valence-corrected chi connectivity index (χ1v) is 19.2. The van der Waals surface area contributed by atoms with Gasteiger partial charge in [0.2, 0.25) is 0 Å². The molecule has 3 nitrogen and oxygen atoms in total. The van der Waals surface area contributed by atoms with Gasteiger partial charge in [-0.25, -0.2) is 9.97 Å². The molecule has 1 aliphatic carbocycles. The van der Waals surface area contributed by atoms with Gasteiger partial charge in [-0.3, -0.25) is 0 Å². The molecule has 3 heteroatoms. The second-order valence-electron chi connectivity index (χ2n) is 16.3. The Balaban J connectivity index is 1.10. The van der Waals surface area contributed by atoms with E-state index in [1.54, 1.807) is 0 Å². The molecule has 262 valence electrons. The van der Waals surface area contributed by atoms with Gasteiger partial charge in [0.1, 0.15) is 0 Å². The molecule has 0 fully saturated rings. The number of aromatic nitrogens is 3. The van der Waals surface area contributed by atoms with Crippen LogP contribution in [0, 0.1) is 0 Å². The molecule has 2 aliphatic rings. The van der Waals surface area contributed by atoms with Crippen LogP contribution >= 0.6 is 0 Å². The van der Waals surface area contributed by atoms with E-state index >= 15 is 0 Å². The molecule has 1 aliphatic heterocycles. The quantitative estimate of drug-likeness (QED) is 0.182. The maximum Gasteiger partial charge on any atom is 0.160 e. The predicted molar refractivity (Wildman–Crippen MR) is 228 cm³/mol. The summed E-state index contributed by atoms with van der Waals surface area (Å²) in [5.41, 5.74) is 19.0. The zero-order chi connectivity index (χ0) is 37.1. The summed E-state index contributed by atoms with van der Waals surface area (Å²) in [6.07, 6.45) is 0. The zero-order valence-corrected chi connectivity index (χ0v) is 31.4. The standard InChI is InChI=1S/C52H39N3/c1-51(2)41-23-12-11-21-37(41)39-29-40-38-22-14-24-43-49(38)55(47(40)30-44(39)51)48-28-35(25-26-42(48)52(43,3)4)34-19-13-20-36(27-34)50-53-45(32-15-7-5-8-16-32)31-46(54-50)33-17-9-6-10-18-33/h5-31H,1-4H3. The largest absolute Gasteiger partial charge is 0.309 e. The van der Waals surface area contributed by atoms with E-state index < -0.39 is 0 Å². The zero-order valence-electron chi connectivity index (χ0n) is 31.4. The highest BCUT2D eigenvalue weighted by molar-refractivity contribution is 6.13. The second-order valence-corrected chi connectivity index (χ2v) is 16.3. The smallest absolute Gasteiger partial charge is 0.160 e. The van der Waals surface area contributed by atoms with E-state index in [1.807, 2.05) is 12.1 Å². The Morgan fingerprint density at radius 2 is 1.00 bits per heavy atom. The second kappa shape index (κ2) is 11.5. The van der Waals surface area contributed by atoms with Crippen molar-refractivity contribution in [2.45, 2.75) is 38.5 Å². The highest BCUT2D eigenvalue weighted by Gasteiger charge is 2.39. The van der Waals surface area contributed by atoms with Gasteiger partial charge in [-0.05, 0) is 74.8 Å². The SMILES string of the molecule is CC1(C)c2ccccc2-c2cc3c4cccc5c4n(c3cc21)-c1cc(-c2cccc(-c3nc(-c4ccccc4)cc(-c4ccccc4)n3)c2)ccc1C5(C)C. The van der Waals surface area contributed by atoms with Crippen LogP contribution in [0.5, 0.6) is 0 Å². The monoisotopic (exact) mass is 705 g/mol. The summed E-state index contributed by atoms with van der Waals surface area (Å²) >= 11 is 0. The molecule has 0 atom stereocenters. The van der Waals surface area contributed by atoms with Gasteiger partial charge >= 0.3 is 0 Å². The van der Waals surface area contributed by atoms with Crippen molar-refractivity contribution in [2.24, 2.45) is 0 Å². The van der Waals surface area contributed by atoms with Crippen LogP contribution < -0.4 is 0 Å². The number of benzene rings is 7. The van der Waals surface area contributed by atoms with Crippen LogP contribution in [-0.2, 0) is 10.8 Å². The van der Waals surface area contributed by atoms with Crippen molar-refractivity contribution in [3.63, 3.8) is 0 Å². The first-order valence-electron chi connectivity index (χ1n) is 19.2. The lowest BCUT2D eigenvalue weighted by atomic mass is 9.74. The maximum absolute atomic E-state index is 5.14. The van der Waals surface area contributed by atoms with Crippen LogP contribution in [0.3, 0.4) is 0 Å². The van der Waals surface area contributed by atoms with Gasteiger partial charge in [0, 0.05) is 38.3 Å². The van der Waals surface area contributed by atoms with Crippen LogP contribution in [0.1, 0.15) is 49.9 Å². The fourth-order valence-corrected chi connectivity index (χ4v) is 9.51. The summed E-state index contributed by atoms with van der Waals surface area (Å²) in [6, 6.07) is 59.5. The number of hydrogen-bond donors (Lipinski definition) is 0. The third kappa shape index (κ3) is 4.63. The molecule has 3 heterocycles. The topological polar surface area (TPSA) is 30.7 Å². The molecule has 7 aromatic carbocycles. The molecule has 0 radical (unpaired) electrons. The van der Waals surface area contributed by atoms with Gasteiger partial charge in [0.05, 0.1) is 28.1 Å². The van der Waals surface area contributed by atoms with Crippen molar-refractivity contribution in [3.8, 4) is 61.8 Å². The highest BCUT2D eigenvalue weighted by atomic mass is 15.0. The third-order valence-electron chi connectivity index (χ3n) is 12.4. The number of para-hydroxylation sites is 1. The van der Waals surface area contributed by atoms with Crippen LogP contribution in [0.4, 0.5) is 0 Å². The molecule has 9 aromatic rings. The average Bonchev–Trinajstić information content (AvgIpc) is 3.67. The molecular weight excluding hydrogens is 667 g/mol. The number of hydrogen-bond acceptors (Lipinski definition) is 2. The van der Waals surface area contributed by atoms with Gasteiger partial charge in [0.25, 0.3) is 0 Å². The number of nitrogens with zero attached hydrogens (tertiary/aromatic N) is 3. The Bertz CT molecular complexity index is 2960. The lowest BCUT2D eigenvalue weighted by molar-refractivity contribution is 0.630. The van der Waals surface area contributed by atoms with Gasteiger partial charge < -0.3 is 4.57 Å². The first-order chi connectivity index (χ1) is 26.8. The fourth-order valence-electron chi connectivity index (χ4n) is 9.51. The number of fused-ring (bicyclic) bond motifs is 8. The van der Waals surface area contributed by atoms with E-state index in [2.05, 4.69) is 184 Å². The third-order valence-corrected chi connectivity index (χ3v) is 12.4. The van der Waals surface area contributed by atoms with Crippen molar-refractivity contribution >= 4 is 21.8 Å². The van der Waals surface area contributed by atoms with Gasteiger partial charge in [0.15, 0.2) is 5.82 Å². The van der Waals surface area contributed by atoms with E-state index in [0.29, 0.717) is 5.82 Å². The molecular formula is C52H39N3. The molecule has 0 bridgehead atoms. The minimum atomic E-state index is -0.173. The molecule has 0 saturated heterocycles. The Labute approximate surface area is 321 Å². The van der Waals surface area contributed by atoms with Crippen molar-refractivity contribution in [1.29, 1.82) is 0 Å².